The average Bonchev–Trinajstić information content (AvgIpc) is 2.50. The number of anilines is 1. The third-order valence-corrected chi connectivity index (χ3v) is 5.36. The lowest BCUT2D eigenvalue weighted by atomic mass is 10.2. The molecule has 1 N–H and O–H groups in total. The van der Waals surface area contributed by atoms with Crippen LogP contribution in [-0.4, -0.2) is 22.6 Å². The zero-order chi connectivity index (χ0) is 16.3. The average molecular weight is 386 g/mol. The van der Waals surface area contributed by atoms with Gasteiger partial charge in [-0.1, -0.05) is 22.0 Å². The third kappa shape index (κ3) is 3.53. The van der Waals surface area contributed by atoms with Crippen molar-refractivity contribution in [2.45, 2.75) is 11.8 Å². The standard InChI is InChI=1S/C15H16BrNO4S/c1-10-4-5-11(8-13(10)16)17-22(18,19)15-7-6-12(20-2)9-14(15)21-3/h4-9,17H,1-3H3. The lowest BCUT2D eigenvalue weighted by molar-refractivity contribution is 0.386. The molecule has 7 heteroatoms. The molecule has 0 saturated heterocycles. The van der Waals surface area contributed by atoms with E-state index in [4.69, 9.17) is 9.47 Å². The molecule has 0 amide bonds. The molecule has 2 aromatic carbocycles. The second-order valence-corrected chi connectivity index (χ2v) is 7.09. The molecule has 0 saturated carbocycles. The van der Waals surface area contributed by atoms with Crippen LogP contribution in [0.25, 0.3) is 0 Å². The zero-order valence-corrected chi connectivity index (χ0v) is 14.8. The molecule has 2 rings (SSSR count). The number of sulfonamides is 1. The number of hydrogen-bond donors (Lipinski definition) is 1. The van der Waals surface area contributed by atoms with Gasteiger partial charge in [0.25, 0.3) is 10.0 Å². The molecule has 0 unspecified atom stereocenters. The van der Waals surface area contributed by atoms with Gasteiger partial charge in [-0.15, -0.1) is 0 Å². The first-order chi connectivity index (χ1) is 10.4. The quantitative estimate of drug-likeness (QED) is 0.853. The molecular formula is C15H16BrNO4S. The molecule has 0 spiro atoms. The molecule has 0 aromatic heterocycles. The number of nitrogens with one attached hydrogen (secondary N) is 1. The van der Waals surface area contributed by atoms with Crippen molar-refractivity contribution in [2.24, 2.45) is 0 Å². The van der Waals surface area contributed by atoms with Gasteiger partial charge in [-0.3, -0.25) is 4.72 Å². The van der Waals surface area contributed by atoms with Crippen molar-refractivity contribution in [1.29, 1.82) is 0 Å². The van der Waals surface area contributed by atoms with Crippen molar-refractivity contribution in [2.75, 3.05) is 18.9 Å². The van der Waals surface area contributed by atoms with E-state index in [9.17, 15) is 8.42 Å². The van der Waals surface area contributed by atoms with Crippen LogP contribution in [0, 0.1) is 6.92 Å². The molecule has 0 aliphatic rings. The van der Waals surface area contributed by atoms with Gasteiger partial charge >= 0.3 is 0 Å². The SMILES string of the molecule is COc1ccc(S(=O)(=O)Nc2ccc(C)c(Br)c2)c(OC)c1. The van der Waals surface area contributed by atoms with Crippen LogP contribution in [-0.2, 0) is 10.0 Å². The first-order valence-electron chi connectivity index (χ1n) is 6.38. The summed E-state index contributed by atoms with van der Waals surface area (Å²) in [6.45, 7) is 1.93. The Labute approximate surface area is 138 Å². The molecule has 118 valence electrons. The first kappa shape index (κ1) is 16.6. The van der Waals surface area contributed by atoms with Crippen LogP contribution in [0.4, 0.5) is 5.69 Å². The van der Waals surface area contributed by atoms with E-state index in [1.165, 1.54) is 26.4 Å². The van der Waals surface area contributed by atoms with Crippen LogP contribution in [0.15, 0.2) is 45.8 Å². The second-order valence-electron chi connectivity index (χ2n) is 4.59. The lowest BCUT2D eigenvalue weighted by Crippen LogP contribution is -2.14. The van der Waals surface area contributed by atoms with Crippen LogP contribution in [0.3, 0.4) is 0 Å². The highest BCUT2D eigenvalue weighted by Crippen LogP contribution is 2.30. The van der Waals surface area contributed by atoms with Crippen LogP contribution < -0.4 is 14.2 Å². The molecule has 2 aromatic rings. The minimum absolute atomic E-state index is 0.0486. The number of hydrogen-bond acceptors (Lipinski definition) is 4. The number of ether oxygens (including phenoxy) is 2. The van der Waals surface area contributed by atoms with Gasteiger partial charge in [-0.05, 0) is 36.8 Å². The van der Waals surface area contributed by atoms with Gasteiger partial charge in [-0.25, -0.2) is 8.42 Å². The van der Waals surface area contributed by atoms with Crippen LogP contribution in [0.2, 0.25) is 0 Å². The Morgan fingerprint density at radius 3 is 2.36 bits per heavy atom. The van der Waals surface area contributed by atoms with E-state index in [1.807, 2.05) is 13.0 Å². The summed E-state index contributed by atoms with van der Waals surface area (Å²) in [6, 6.07) is 9.79. The smallest absolute Gasteiger partial charge is 0.265 e. The maximum absolute atomic E-state index is 12.5. The van der Waals surface area contributed by atoms with E-state index in [-0.39, 0.29) is 10.6 Å². The normalized spacial score (nSPS) is 11.1. The Morgan fingerprint density at radius 1 is 1.05 bits per heavy atom. The predicted octanol–water partition coefficient (Wildman–Crippen LogP) is 3.58. The fourth-order valence-electron chi connectivity index (χ4n) is 1.86. The molecule has 0 bridgehead atoms. The lowest BCUT2D eigenvalue weighted by Gasteiger charge is -2.13. The molecule has 0 aliphatic carbocycles. The van der Waals surface area contributed by atoms with Gasteiger partial charge in [0.05, 0.1) is 14.2 Å². The second kappa shape index (κ2) is 6.58. The summed E-state index contributed by atoms with van der Waals surface area (Å²) in [7, 11) is -0.844. The highest BCUT2D eigenvalue weighted by molar-refractivity contribution is 9.10. The van der Waals surface area contributed by atoms with Gasteiger partial charge in [0.15, 0.2) is 0 Å². The highest BCUT2D eigenvalue weighted by atomic mass is 79.9. The number of benzene rings is 2. The van der Waals surface area contributed by atoms with E-state index in [1.54, 1.807) is 18.2 Å². The third-order valence-electron chi connectivity index (χ3n) is 3.08. The number of aryl methyl sites for hydroxylation is 1. The molecule has 5 nitrogen and oxygen atoms in total. The number of methoxy groups -OCH3 is 2. The monoisotopic (exact) mass is 385 g/mol. The zero-order valence-electron chi connectivity index (χ0n) is 12.4. The van der Waals surface area contributed by atoms with Gasteiger partial charge in [0, 0.05) is 16.2 Å². The van der Waals surface area contributed by atoms with E-state index < -0.39 is 10.0 Å². The largest absolute Gasteiger partial charge is 0.497 e. The van der Waals surface area contributed by atoms with Crippen molar-refractivity contribution < 1.29 is 17.9 Å². The molecule has 0 heterocycles. The summed E-state index contributed by atoms with van der Waals surface area (Å²) in [5, 5.41) is 0. The summed E-state index contributed by atoms with van der Waals surface area (Å²) < 4.78 is 38.6. The van der Waals surface area contributed by atoms with Gasteiger partial charge in [0.1, 0.15) is 16.4 Å². The topological polar surface area (TPSA) is 64.6 Å². The summed E-state index contributed by atoms with van der Waals surface area (Å²) in [5.74, 6) is 0.743. The predicted molar refractivity (Wildman–Crippen MR) is 89.2 cm³/mol. The first-order valence-corrected chi connectivity index (χ1v) is 8.66. The maximum Gasteiger partial charge on any atom is 0.265 e. The van der Waals surface area contributed by atoms with Crippen molar-refractivity contribution in [3.63, 3.8) is 0 Å². The summed E-state index contributed by atoms with van der Waals surface area (Å²) in [5.41, 5.74) is 1.49. The maximum atomic E-state index is 12.5. The minimum Gasteiger partial charge on any atom is -0.497 e. The molecular weight excluding hydrogens is 370 g/mol. The number of halogens is 1. The Kier molecular flexibility index (Phi) is 4.97. The molecule has 0 atom stereocenters. The van der Waals surface area contributed by atoms with E-state index in [2.05, 4.69) is 20.7 Å². The molecule has 0 radical (unpaired) electrons. The summed E-state index contributed by atoms with van der Waals surface area (Å²) >= 11 is 3.38. The van der Waals surface area contributed by atoms with Gasteiger partial charge in [-0.2, -0.15) is 0 Å². The fourth-order valence-corrected chi connectivity index (χ4v) is 3.44. The summed E-state index contributed by atoms with van der Waals surface area (Å²) in [4.78, 5) is 0.0486. The summed E-state index contributed by atoms with van der Waals surface area (Å²) in [6.07, 6.45) is 0. The highest BCUT2D eigenvalue weighted by Gasteiger charge is 2.20. The minimum atomic E-state index is -3.76. The van der Waals surface area contributed by atoms with Crippen molar-refractivity contribution in [3.8, 4) is 11.5 Å². The van der Waals surface area contributed by atoms with Crippen molar-refractivity contribution >= 4 is 31.6 Å². The van der Waals surface area contributed by atoms with E-state index >= 15 is 0 Å². The Bertz CT molecular complexity index is 790. The van der Waals surface area contributed by atoms with Gasteiger partial charge < -0.3 is 9.47 Å². The van der Waals surface area contributed by atoms with Gasteiger partial charge in [0.2, 0.25) is 0 Å². The van der Waals surface area contributed by atoms with E-state index in [0.717, 1.165) is 10.0 Å². The van der Waals surface area contributed by atoms with Crippen molar-refractivity contribution in [1.82, 2.24) is 0 Å². The molecule has 22 heavy (non-hydrogen) atoms. The van der Waals surface area contributed by atoms with Crippen LogP contribution in [0.1, 0.15) is 5.56 Å². The Morgan fingerprint density at radius 2 is 1.77 bits per heavy atom. The van der Waals surface area contributed by atoms with E-state index in [0.29, 0.717) is 11.4 Å². The molecule has 0 aliphatic heterocycles. The Balaban J connectivity index is 2.39. The fraction of sp³-hybridized carbons (Fsp3) is 0.200. The Hall–Kier alpha value is -1.73. The molecule has 0 fully saturated rings. The van der Waals surface area contributed by atoms with Crippen molar-refractivity contribution in [3.05, 3.63) is 46.4 Å². The van der Waals surface area contributed by atoms with Crippen LogP contribution >= 0.6 is 15.9 Å². The van der Waals surface area contributed by atoms with Crippen LogP contribution in [0.5, 0.6) is 11.5 Å². The number of rotatable bonds is 5.